The first-order valence-electron chi connectivity index (χ1n) is 6.73. The first kappa shape index (κ1) is 15.8. The second-order valence-corrected chi connectivity index (χ2v) is 5.27. The molecular formula is C13H24N2O4. The maximum Gasteiger partial charge on any atom is 0.317 e. The van der Waals surface area contributed by atoms with Crippen molar-refractivity contribution in [3.63, 3.8) is 0 Å². The van der Waals surface area contributed by atoms with E-state index in [9.17, 15) is 9.59 Å². The minimum atomic E-state index is -0.870. The summed E-state index contributed by atoms with van der Waals surface area (Å²) in [4.78, 5) is 24.7. The van der Waals surface area contributed by atoms with Gasteiger partial charge in [-0.15, -0.1) is 0 Å². The predicted octanol–water partition coefficient (Wildman–Crippen LogP) is 1.31. The Kier molecular flexibility index (Phi) is 6.08. The lowest BCUT2D eigenvalue weighted by atomic mass is 10.1. The number of amides is 2. The van der Waals surface area contributed by atoms with Gasteiger partial charge in [-0.05, 0) is 32.6 Å². The summed E-state index contributed by atoms with van der Waals surface area (Å²) >= 11 is 0. The molecule has 1 unspecified atom stereocenters. The van der Waals surface area contributed by atoms with E-state index >= 15 is 0 Å². The number of hydrogen-bond acceptors (Lipinski definition) is 3. The maximum absolute atomic E-state index is 12.2. The number of carboxylic acid groups (broad SMARTS) is 1. The number of nitrogens with zero attached hydrogens (tertiary/aromatic N) is 1. The van der Waals surface area contributed by atoms with Crippen LogP contribution >= 0.6 is 0 Å². The monoisotopic (exact) mass is 272 g/mol. The Morgan fingerprint density at radius 2 is 2.05 bits per heavy atom. The molecule has 1 saturated carbocycles. The van der Waals surface area contributed by atoms with E-state index in [1.165, 1.54) is 0 Å². The molecule has 0 spiro atoms. The summed E-state index contributed by atoms with van der Waals surface area (Å²) in [7, 11) is 1.59. The molecular weight excluding hydrogens is 248 g/mol. The van der Waals surface area contributed by atoms with Crippen molar-refractivity contribution in [2.24, 2.45) is 5.92 Å². The van der Waals surface area contributed by atoms with Gasteiger partial charge in [-0.1, -0.05) is 0 Å². The van der Waals surface area contributed by atoms with Gasteiger partial charge in [0.15, 0.2) is 0 Å². The third-order valence-electron chi connectivity index (χ3n) is 3.31. The molecule has 19 heavy (non-hydrogen) atoms. The van der Waals surface area contributed by atoms with E-state index in [2.05, 4.69) is 5.32 Å². The molecule has 0 aromatic rings. The normalized spacial score (nSPS) is 16.2. The van der Waals surface area contributed by atoms with Crippen molar-refractivity contribution in [2.75, 3.05) is 20.3 Å². The van der Waals surface area contributed by atoms with Crippen LogP contribution in [0.5, 0.6) is 0 Å². The molecule has 0 aromatic carbocycles. The number of nitrogens with one attached hydrogen (secondary N) is 1. The van der Waals surface area contributed by atoms with Crippen LogP contribution in [0.15, 0.2) is 0 Å². The van der Waals surface area contributed by atoms with Gasteiger partial charge in [0.1, 0.15) is 0 Å². The lowest BCUT2D eigenvalue weighted by Gasteiger charge is -2.29. The number of urea groups is 1. The summed E-state index contributed by atoms with van der Waals surface area (Å²) in [6.07, 6.45) is 1.99. The van der Waals surface area contributed by atoms with Crippen molar-refractivity contribution < 1.29 is 19.4 Å². The highest BCUT2D eigenvalue weighted by Gasteiger charge is 2.34. The first-order chi connectivity index (χ1) is 8.95. The SMILES string of the molecule is COCCN(C(=O)NC(CC(=O)O)C1CC1)C(C)C. The topological polar surface area (TPSA) is 78.9 Å². The fourth-order valence-electron chi connectivity index (χ4n) is 2.05. The Hall–Kier alpha value is -1.30. The molecule has 1 aliphatic rings. The molecule has 6 heteroatoms. The third kappa shape index (κ3) is 5.46. The van der Waals surface area contributed by atoms with Crippen LogP contribution in [0, 0.1) is 5.92 Å². The summed E-state index contributed by atoms with van der Waals surface area (Å²) < 4.78 is 4.99. The lowest BCUT2D eigenvalue weighted by Crippen LogP contribution is -2.50. The molecule has 1 fully saturated rings. The van der Waals surface area contributed by atoms with Gasteiger partial charge in [-0.2, -0.15) is 0 Å². The Morgan fingerprint density at radius 1 is 1.42 bits per heavy atom. The van der Waals surface area contributed by atoms with Gasteiger partial charge in [-0.3, -0.25) is 4.79 Å². The molecule has 6 nitrogen and oxygen atoms in total. The van der Waals surface area contributed by atoms with Crippen molar-refractivity contribution in [3.05, 3.63) is 0 Å². The van der Waals surface area contributed by atoms with Gasteiger partial charge in [0.2, 0.25) is 0 Å². The first-order valence-corrected chi connectivity index (χ1v) is 6.73. The molecule has 0 bridgehead atoms. The molecule has 0 aliphatic heterocycles. The molecule has 0 heterocycles. The Labute approximate surface area is 114 Å². The Balaban J connectivity index is 2.54. The number of methoxy groups -OCH3 is 1. The largest absolute Gasteiger partial charge is 0.481 e. The zero-order valence-electron chi connectivity index (χ0n) is 11.9. The quantitative estimate of drug-likeness (QED) is 0.698. The van der Waals surface area contributed by atoms with Crippen molar-refractivity contribution in [1.82, 2.24) is 10.2 Å². The highest BCUT2D eigenvalue weighted by atomic mass is 16.5. The average Bonchev–Trinajstić information content (AvgIpc) is 3.11. The van der Waals surface area contributed by atoms with Crippen LogP contribution in [0.25, 0.3) is 0 Å². The van der Waals surface area contributed by atoms with Crippen molar-refractivity contribution in [3.8, 4) is 0 Å². The van der Waals surface area contributed by atoms with E-state index in [4.69, 9.17) is 9.84 Å². The number of carboxylic acids is 1. The number of ether oxygens (including phenoxy) is 1. The van der Waals surface area contributed by atoms with E-state index in [0.29, 0.717) is 19.1 Å². The number of aliphatic carboxylic acids is 1. The fraction of sp³-hybridized carbons (Fsp3) is 0.846. The summed E-state index contributed by atoms with van der Waals surface area (Å²) in [5.41, 5.74) is 0. The van der Waals surface area contributed by atoms with E-state index < -0.39 is 5.97 Å². The molecule has 0 radical (unpaired) electrons. The molecule has 0 saturated heterocycles. The zero-order valence-corrected chi connectivity index (χ0v) is 11.9. The second-order valence-electron chi connectivity index (χ2n) is 5.27. The summed E-state index contributed by atoms with van der Waals surface area (Å²) in [6, 6.07) is -0.404. The summed E-state index contributed by atoms with van der Waals surface area (Å²) in [6.45, 7) is 4.83. The number of hydrogen-bond donors (Lipinski definition) is 2. The second kappa shape index (κ2) is 7.33. The fourth-order valence-corrected chi connectivity index (χ4v) is 2.05. The van der Waals surface area contributed by atoms with Crippen LogP contribution in [0.1, 0.15) is 33.1 Å². The van der Waals surface area contributed by atoms with Crippen LogP contribution in [0.4, 0.5) is 4.79 Å². The van der Waals surface area contributed by atoms with E-state index in [-0.39, 0.29) is 24.5 Å². The number of rotatable bonds is 8. The van der Waals surface area contributed by atoms with Crippen LogP contribution in [-0.2, 0) is 9.53 Å². The number of carbonyl (C=O) groups excluding carboxylic acids is 1. The summed E-state index contributed by atoms with van der Waals surface area (Å²) in [5, 5.41) is 11.7. The Bertz CT molecular complexity index is 316. The minimum Gasteiger partial charge on any atom is -0.481 e. The molecule has 1 rings (SSSR count). The van der Waals surface area contributed by atoms with E-state index in [0.717, 1.165) is 12.8 Å². The van der Waals surface area contributed by atoms with Gasteiger partial charge in [0.25, 0.3) is 0 Å². The van der Waals surface area contributed by atoms with Crippen molar-refractivity contribution in [2.45, 2.75) is 45.2 Å². The zero-order chi connectivity index (χ0) is 14.4. The lowest BCUT2D eigenvalue weighted by molar-refractivity contribution is -0.137. The molecule has 2 N–H and O–H groups in total. The van der Waals surface area contributed by atoms with Gasteiger partial charge in [0, 0.05) is 25.7 Å². The van der Waals surface area contributed by atoms with Gasteiger partial charge in [0.05, 0.1) is 13.0 Å². The smallest absolute Gasteiger partial charge is 0.317 e. The van der Waals surface area contributed by atoms with E-state index in [1.54, 1.807) is 12.0 Å². The Morgan fingerprint density at radius 3 is 2.47 bits per heavy atom. The third-order valence-corrected chi connectivity index (χ3v) is 3.31. The molecule has 1 atom stereocenters. The molecule has 2 amide bonds. The summed E-state index contributed by atoms with van der Waals surface area (Å²) in [5.74, 6) is -0.554. The maximum atomic E-state index is 12.2. The van der Waals surface area contributed by atoms with Crippen molar-refractivity contribution in [1.29, 1.82) is 0 Å². The van der Waals surface area contributed by atoms with Crippen LogP contribution in [0.3, 0.4) is 0 Å². The predicted molar refractivity (Wildman–Crippen MR) is 71.0 cm³/mol. The standard InChI is InChI=1S/C13H24N2O4/c1-9(2)15(6-7-19-3)13(18)14-11(8-12(16)17)10-4-5-10/h9-11H,4-8H2,1-3H3,(H,14,18)(H,16,17). The average molecular weight is 272 g/mol. The van der Waals surface area contributed by atoms with Gasteiger partial charge in [-0.25, -0.2) is 4.79 Å². The van der Waals surface area contributed by atoms with Gasteiger partial charge < -0.3 is 20.1 Å². The van der Waals surface area contributed by atoms with E-state index in [1.807, 2.05) is 13.8 Å². The van der Waals surface area contributed by atoms with Crippen LogP contribution < -0.4 is 5.32 Å². The van der Waals surface area contributed by atoms with Crippen LogP contribution in [0.2, 0.25) is 0 Å². The highest BCUT2D eigenvalue weighted by Crippen LogP contribution is 2.34. The highest BCUT2D eigenvalue weighted by molar-refractivity contribution is 5.76. The van der Waals surface area contributed by atoms with Crippen LogP contribution in [-0.4, -0.2) is 54.4 Å². The van der Waals surface area contributed by atoms with Crippen molar-refractivity contribution >= 4 is 12.0 Å². The minimum absolute atomic E-state index is 0.00732. The molecule has 110 valence electrons. The molecule has 0 aromatic heterocycles. The number of carbonyl (C=O) groups is 2. The molecule has 1 aliphatic carbocycles. The van der Waals surface area contributed by atoms with Gasteiger partial charge >= 0.3 is 12.0 Å².